The minimum atomic E-state index is -0.284. The lowest BCUT2D eigenvalue weighted by Gasteiger charge is -2.19. The van der Waals surface area contributed by atoms with Gasteiger partial charge in [0.25, 0.3) is 0 Å². The van der Waals surface area contributed by atoms with Gasteiger partial charge in [-0.1, -0.05) is 6.07 Å². The first-order chi connectivity index (χ1) is 10.7. The molecule has 6 heteroatoms. The number of fused-ring (bicyclic) bond motifs is 1. The Morgan fingerprint density at radius 2 is 2.05 bits per heavy atom. The molecule has 0 radical (unpaired) electrons. The quantitative estimate of drug-likeness (QED) is 0.914. The molecular formula is C16H17N3O3. The summed E-state index contributed by atoms with van der Waals surface area (Å²) in [5.41, 5.74) is 1.60. The summed E-state index contributed by atoms with van der Waals surface area (Å²) in [5.74, 6) is 1.34. The number of pyridine rings is 1. The van der Waals surface area contributed by atoms with Crippen LogP contribution in [-0.2, 0) is 0 Å². The predicted octanol–water partition coefficient (Wildman–Crippen LogP) is 2.74. The number of carbonyl (C=O) groups excluding carboxylic acids is 1. The van der Waals surface area contributed by atoms with Crippen LogP contribution in [0.15, 0.2) is 42.7 Å². The average molecular weight is 299 g/mol. The van der Waals surface area contributed by atoms with Gasteiger partial charge < -0.3 is 20.1 Å². The minimum Gasteiger partial charge on any atom is -0.486 e. The van der Waals surface area contributed by atoms with Gasteiger partial charge in [-0.15, -0.1) is 0 Å². The number of nitrogens with one attached hydrogen (secondary N) is 2. The molecule has 114 valence electrons. The van der Waals surface area contributed by atoms with E-state index in [1.807, 2.05) is 19.1 Å². The Balaban J connectivity index is 1.62. The Labute approximate surface area is 128 Å². The molecule has 1 aromatic heterocycles. The van der Waals surface area contributed by atoms with Crippen molar-refractivity contribution in [1.29, 1.82) is 0 Å². The second-order valence-electron chi connectivity index (χ2n) is 4.96. The Morgan fingerprint density at radius 1 is 1.23 bits per heavy atom. The van der Waals surface area contributed by atoms with E-state index in [-0.39, 0.29) is 12.1 Å². The summed E-state index contributed by atoms with van der Waals surface area (Å²) in [6.45, 7) is 2.96. The molecule has 0 aliphatic carbocycles. The highest BCUT2D eigenvalue weighted by molar-refractivity contribution is 5.89. The topological polar surface area (TPSA) is 72.5 Å². The van der Waals surface area contributed by atoms with Crippen LogP contribution in [0.4, 0.5) is 10.5 Å². The minimum absolute atomic E-state index is 0.133. The number of carbonyl (C=O) groups is 1. The van der Waals surface area contributed by atoms with E-state index in [1.165, 1.54) is 0 Å². The fourth-order valence-corrected chi connectivity index (χ4v) is 2.20. The number of aromatic nitrogens is 1. The van der Waals surface area contributed by atoms with Crippen LogP contribution in [0, 0.1) is 0 Å². The Morgan fingerprint density at radius 3 is 2.82 bits per heavy atom. The average Bonchev–Trinajstić information content (AvgIpc) is 2.55. The molecule has 1 aliphatic rings. The molecule has 2 N–H and O–H groups in total. The van der Waals surface area contributed by atoms with Crippen LogP contribution in [0.2, 0.25) is 0 Å². The first-order valence-electron chi connectivity index (χ1n) is 7.09. The molecule has 0 saturated carbocycles. The molecule has 2 aromatic rings. The molecule has 0 saturated heterocycles. The van der Waals surface area contributed by atoms with Crippen molar-refractivity contribution in [2.45, 2.75) is 13.0 Å². The van der Waals surface area contributed by atoms with Gasteiger partial charge in [0.15, 0.2) is 11.5 Å². The lowest BCUT2D eigenvalue weighted by Crippen LogP contribution is -2.31. The summed E-state index contributed by atoms with van der Waals surface area (Å²) in [5, 5.41) is 5.65. The molecule has 1 aromatic carbocycles. The summed E-state index contributed by atoms with van der Waals surface area (Å²) in [6.07, 6.45) is 3.43. The van der Waals surface area contributed by atoms with Gasteiger partial charge in [-0.2, -0.15) is 0 Å². The van der Waals surface area contributed by atoms with Crippen LogP contribution in [0.25, 0.3) is 0 Å². The number of hydrogen-bond donors (Lipinski definition) is 2. The molecule has 0 unspecified atom stereocenters. The summed E-state index contributed by atoms with van der Waals surface area (Å²) in [7, 11) is 0. The Hall–Kier alpha value is -2.76. The van der Waals surface area contributed by atoms with Crippen molar-refractivity contribution in [3.05, 3.63) is 48.3 Å². The van der Waals surface area contributed by atoms with E-state index in [4.69, 9.17) is 9.47 Å². The Kier molecular flexibility index (Phi) is 4.09. The molecular weight excluding hydrogens is 282 g/mol. The number of amides is 2. The van der Waals surface area contributed by atoms with E-state index in [2.05, 4.69) is 15.6 Å². The second kappa shape index (κ2) is 6.34. The summed E-state index contributed by atoms with van der Waals surface area (Å²) < 4.78 is 10.9. The lowest BCUT2D eigenvalue weighted by atomic mass is 10.1. The van der Waals surface area contributed by atoms with E-state index in [0.717, 1.165) is 5.56 Å². The van der Waals surface area contributed by atoms with Crippen molar-refractivity contribution < 1.29 is 14.3 Å². The normalized spacial score (nSPS) is 14.0. The SMILES string of the molecule is C[C@@H](NC(=O)Nc1ccc2c(c1)OCCO2)c1cccnc1. The first-order valence-corrected chi connectivity index (χ1v) is 7.09. The zero-order chi connectivity index (χ0) is 15.4. The summed E-state index contributed by atoms with van der Waals surface area (Å²) in [4.78, 5) is 16.1. The third-order valence-electron chi connectivity index (χ3n) is 3.33. The van der Waals surface area contributed by atoms with Crippen LogP contribution in [0.5, 0.6) is 11.5 Å². The number of urea groups is 1. The van der Waals surface area contributed by atoms with Crippen molar-refractivity contribution >= 4 is 11.7 Å². The zero-order valence-corrected chi connectivity index (χ0v) is 12.2. The number of anilines is 1. The lowest BCUT2D eigenvalue weighted by molar-refractivity contribution is 0.171. The fourth-order valence-electron chi connectivity index (χ4n) is 2.20. The van der Waals surface area contributed by atoms with Gasteiger partial charge in [0, 0.05) is 24.1 Å². The van der Waals surface area contributed by atoms with Crippen LogP contribution < -0.4 is 20.1 Å². The van der Waals surface area contributed by atoms with E-state index >= 15 is 0 Å². The molecule has 1 aliphatic heterocycles. The van der Waals surface area contributed by atoms with E-state index in [0.29, 0.717) is 30.4 Å². The molecule has 2 heterocycles. The van der Waals surface area contributed by atoms with Crippen molar-refractivity contribution in [3.63, 3.8) is 0 Å². The van der Waals surface area contributed by atoms with Crippen molar-refractivity contribution in [2.24, 2.45) is 0 Å². The molecule has 6 nitrogen and oxygen atoms in total. The van der Waals surface area contributed by atoms with Crippen LogP contribution in [-0.4, -0.2) is 24.2 Å². The summed E-state index contributed by atoms with van der Waals surface area (Å²) >= 11 is 0. The number of benzene rings is 1. The van der Waals surface area contributed by atoms with Crippen molar-refractivity contribution in [2.75, 3.05) is 18.5 Å². The van der Waals surface area contributed by atoms with E-state index in [1.54, 1.807) is 30.6 Å². The molecule has 3 rings (SSSR count). The molecule has 2 amide bonds. The van der Waals surface area contributed by atoms with Gasteiger partial charge in [0.2, 0.25) is 0 Å². The smallest absolute Gasteiger partial charge is 0.319 e. The summed E-state index contributed by atoms with van der Waals surface area (Å²) in [6, 6.07) is 8.66. The van der Waals surface area contributed by atoms with Gasteiger partial charge in [-0.05, 0) is 30.7 Å². The van der Waals surface area contributed by atoms with E-state index < -0.39 is 0 Å². The number of rotatable bonds is 3. The van der Waals surface area contributed by atoms with Gasteiger partial charge >= 0.3 is 6.03 Å². The monoisotopic (exact) mass is 299 g/mol. The van der Waals surface area contributed by atoms with Gasteiger partial charge in [-0.3, -0.25) is 4.98 Å². The molecule has 1 atom stereocenters. The molecule has 0 fully saturated rings. The molecule has 0 bridgehead atoms. The number of ether oxygens (including phenoxy) is 2. The Bertz CT molecular complexity index is 661. The van der Waals surface area contributed by atoms with Crippen molar-refractivity contribution in [3.8, 4) is 11.5 Å². The predicted molar refractivity (Wildman–Crippen MR) is 82.2 cm³/mol. The maximum absolute atomic E-state index is 12.0. The van der Waals surface area contributed by atoms with Crippen LogP contribution in [0.1, 0.15) is 18.5 Å². The highest BCUT2D eigenvalue weighted by Crippen LogP contribution is 2.32. The maximum atomic E-state index is 12.0. The number of hydrogen-bond acceptors (Lipinski definition) is 4. The second-order valence-corrected chi connectivity index (χ2v) is 4.96. The van der Waals surface area contributed by atoms with Gasteiger partial charge in [0.05, 0.1) is 6.04 Å². The van der Waals surface area contributed by atoms with E-state index in [9.17, 15) is 4.79 Å². The van der Waals surface area contributed by atoms with Crippen LogP contribution in [0.3, 0.4) is 0 Å². The van der Waals surface area contributed by atoms with Gasteiger partial charge in [-0.25, -0.2) is 4.79 Å². The molecule has 22 heavy (non-hydrogen) atoms. The largest absolute Gasteiger partial charge is 0.486 e. The van der Waals surface area contributed by atoms with Crippen LogP contribution >= 0.6 is 0 Å². The standard InChI is InChI=1S/C16H17N3O3/c1-11(12-3-2-6-17-10-12)18-16(20)19-13-4-5-14-15(9-13)22-8-7-21-14/h2-6,9-11H,7-8H2,1H3,(H2,18,19,20)/t11-/m1/s1. The maximum Gasteiger partial charge on any atom is 0.319 e. The third-order valence-corrected chi connectivity index (χ3v) is 3.33. The molecule has 0 spiro atoms. The van der Waals surface area contributed by atoms with Crippen molar-refractivity contribution in [1.82, 2.24) is 10.3 Å². The zero-order valence-electron chi connectivity index (χ0n) is 12.2. The number of nitrogens with zero attached hydrogens (tertiary/aromatic N) is 1. The highest BCUT2D eigenvalue weighted by atomic mass is 16.6. The first kappa shape index (κ1) is 14.2. The van der Waals surface area contributed by atoms with Gasteiger partial charge in [0.1, 0.15) is 13.2 Å². The highest BCUT2D eigenvalue weighted by Gasteiger charge is 2.14. The fraction of sp³-hybridized carbons (Fsp3) is 0.250. The third kappa shape index (κ3) is 3.28.